The topological polar surface area (TPSA) is 58.2 Å². The maximum atomic E-state index is 12.2. The second-order valence-electron chi connectivity index (χ2n) is 4.65. The average molecular weight is 357 g/mol. The number of hydrogen-bond donors (Lipinski definition) is 2. The Hall–Kier alpha value is -1.56. The molecule has 1 aromatic carbocycles. The maximum Gasteiger partial charge on any atom is 0.226 e. The van der Waals surface area contributed by atoms with Gasteiger partial charge in [-0.05, 0) is 29.6 Å². The van der Waals surface area contributed by atoms with Crippen molar-refractivity contribution in [3.63, 3.8) is 0 Å². The summed E-state index contributed by atoms with van der Waals surface area (Å²) in [5.74, 6) is -0.397. The first-order valence-corrected chi connectivity index (χ1v) is 8.14. The van der Waals surface area contributed by atoms with E-state index in [1.54, 1.807) is 18.2 Å². The molecule has 0 saturated carbocycles. The summed E-state index contributed by atoms with van der Waals surface area (Å²) >= 11 is 13.2. The molecule has 116 valence electrons. The normalized spacial score (nSPS) is 11.8. The third-order valence-electron chi connectivity index (χ3n) is 2.86. The minimum atomic E-state index is -0.347. The fourth-order valence-corrected chi connectivity index (χ4v) is 3.00. The molecule has 2 aromatic rings. The number of hydrogen-bond acceptors (Lipinski definition) is 3. The van der Waals surface area contributed by atoms with Gasteiger partial charge in [-0.2, -0.15) is 0 Å². The molecule has 0 fully saturated rings. The highest BCUT2D eigenvalue weighted by Crippen LogP contribution is 2.26. The number of anilines is 1. The molecule has 2 amide bonds. The summed E-state index contributed by atoms with van der Waals surface area (Å²) in [6.07, 6.45) is 0.139. The molecule has 1 aromatic heterocycles. The second kappa shape index (κ2) is 7.63. The summed E-state index contributed by atoms with van der Waals surface area (Å²) in [4.78, 5) is 24.4. The lowest BCUT2D eigenvalue weighted by Crippen LogP contribution is -2.29. The van der Waals surface area contributed by atoms with Crippen molar-refractivity contribution in [2.24, 2.45) is 0 Å². The first-order valence-electron chi connectivity index (χ1n) is 6.51. The molecule has 1 heterocycles. The van der Waals surface area contributed by atoms with Crippen LogP contribution in [0.15, 0.2) is 35.7 Å². The van der Waals surface area contributed by atoms with Crippen molar-refractivity contribution in [1.29, 1.82) is 0 Å². The molecule has 2 rings (SSSR count). The first-order chi connectivity index (χ1) is 10.5. The molecule has 2 N–H and O–H groups in total. The van der Waals surface area contributed by atoms with Crippen molar-refractivity contribution in [2.45, 2.75) is 19.4 Å². The van der Waals surface area contributed by atoms with Gasteiger partial charge in [-0.25, -0.2) is 0 Å². The predicted molar refractivity (Wildman–Crippen MR) is 90.6 cm³/mol. The van der Waals surface area contributed by atoms with Gasteiger partial charge in [0.25, 0.3) is 0 Å². The van der Waals surface area contributed by atoms with Crippen LogP contribution < -0.4 is 10.6 Å². The van der Waals surface area contributed by atoms with Crippen LogP contribution in [0.2, 0.25) is 10.0 Å². The van der Waals surface area contributed by atoms with Crippen LogP contribution in [-0.4, -0.2) is 11.8 Å². The Bertz CT molecular complexity index is 674. The van der Waals surface area contributed by atoms with Crippen molar-refractivity contribution >= 4 is 52.0 Å². The quantitative estimate of drug-likeness (QED) is 0.840. The van der Waals surface area contributed by atoms with Gasteiger partial charge in [0.05, 0.1) is 22.5 Å². The average Bonchev–Trinajstić information content (AvgIpc) is 2.95. The number of carbonyl (C=O) groups excluding carboxylic acids is 2. The molecule has 0 aliphatic heterocycles. The SMILES string of the molecule is CC(=O)N[C@H](CC(=O)Nc1ccc(Cl)c(Cl)c1)c1cccs1. The molecule has 0 radical (unpaired) electrons. The summed E-state index contributed by atoms with van der Waals surface area (Å²) in [6, 6.07) is 8.29. The molecule has 0 spiro atoms. The van der Waals surface area contributed by atoms with Crippen molar-refractivity contribution < 1.29 is 9.59 Å². The highest BCUT2D eigenvalue weighted by Gasteiger charge is 2.18. The number of carbonyl (C=O) groups is 2. The van der Waals surface area contributed by atoms with Gasteiger partial charge in [-0.15, -0.1) is 11.3 Å². The Morgan fingerprint density at radius 2 is 2.00 bits per heavy atom. The van der Waals surface area contributed by atoms with E-state index in [9.17, 15) is 9.59 Å². The Balaban J connectivity index is 2.04. The Labute approximate surface area is 142 Å². The number of nitrogens with one attached hydrogen (secondary N) is 2. The molecule has 22 heavy (non-hydrogen) atoms. The minimum Gasteiger partial charge on any atom is -0.348 e. The molecular formula is C15H14Cl2N2O2S. The highest BCUT2D eigenvalue weighted by atomic mass is 35.5. The number of halogens is 2. The standard InChI is InChI=1S/C15H14Cl2N2O2S/c1-9(20)18-13(14-3-2-6-22-14)8-15(21)19-10-4-5-11(16)12(17)7-10/h2-7,13H,8H2,1H3,(H,18,20)(H,19,21)/t13-/m1/s1. The van der Waals surface area contributed by atoms with Crippen LogP contribution in [0.3, 0.4) is 0 Å². The molecule has 4 nitrogen and oxygen atoms in total. The number of benzene rings is 1. The van der Waals surface area contributed by atoms with E-state index in [-0.39, 0.29) is 24.3 Å². The van der Waals surface area contributed by atoms with Crippen LogP contribution in [0.5, 0.6) is 0 Å². The maximum absolute atomic E-state index is 12.2. The van der Waals surface area contributed by atoms with E-state index in [4.69, 9.17) is 23.2 Å². The van der Waals surface area contributed by atoms with Gasteiger partial charge >= 0.3 is 0 Å². The fourth-order valence-electron chi connectivity index (χ4n) is 1.93. The van der Waals surface area contributed by atoms with Gasteiger partial charge in [-0.1, -0.05) is 29.3 Å². The number of thiophene rings is 1. The Morgan fingerprint density at radius 1 is 1.23 bits per heavy atom. The van der Waals surface area contributed by atoms with E-state index in [0.29, 0.717) is 15.7 Å². The third-order valence-corrected chi connectivity index (χ3v) is 4.58. The lowest BCUT2D eigenvalue weighted by atomic mass is 10.1. The van der Waals surface area contributed by atoms with Gasteiger partial charge in [0, 0.05) is 17.5 Å². The van der Waals surface area contributed by atoms with E-state index >= 15 is 0 Å². The predicted octanol–water partition coefficient (Wildman–Crippen LogP) is 4.26. The van der Waals surface area contributed by atoms with Crippen LogP contribution in [0.25, 0.3) is 0 Å². The van der Waals surface area contributed by atoms with Crippen LogP contribution in [0.4, 0.5) is 5.69 Å². The summed E-state index contributed by atoms with van der Waals surface area (Å²) in [7, 11) is 0. The molecule has 0 aliphatic carbocycles. The zero-order valence-electron chi connectivity index (χ0n) is 11.7. The molecular weight excluding hydrogens is 343 g/mol. The van der Waals surface area contributed by atoms with E-state index < -0.39 is 0 Å². The van der Waals surface area contributed by atoms with Crippen LogP contribution in [-0.2, 0) is 9.59 Å². The molecule has 0 aliphatic rings. The Kier molecular flexibility index (Phi) is 5.83. The lowest BCUT2D eigenvalue weighted by molar-refractivity contribution is -0.120. The summed E-state index contributed by atoms with van der Waals surface area (Å²) < 4.78 is 0. The zero-order chi connectivity index (χ0) is 16.1. The summed E-state index contributed by atoms with van der Waals surface area (Å²) in [6.45, 7) is 1.43. The van der Waals surface area contributed by atoms with Gasteiger partial charge in [0.15, 0.2) is 0 Å². The Morgan fingerprint density at radius 3 is 2.59 bits per heavy atom. The van der Waals surface area contributed by atoms with E-state index in [0.717, 1.165) is 4.88 Å². The van der Waals surface area contributed by atoms with Crippen molar-refractivity contribution in [2.75, 3.05) is 5.32 Å². The summed E-state index contributed by atoms with van der Waals surface area (Å²) in [5.41, 5.74) is 0.562. The van der Waals surface area contributed by atoms with Gasteiger partial charge in [0.1, 0.15) is 0 Å². The summed E-state index contributed by atoms with van der Waals surface area (Å²) in [5, 5.41) is 8.23. The van der Waals surface area contributed by atoms with Gasteiger partial charge < -0.3 is 10.6 Å². The third kappa shape index (κ3) is 4.73. The van der Waals surface area contributed by atoms with Gasteiger partial charge in [0.2, 0.25) is 11.8 Å². The lowest BCUT2D eigenvalue weighted by Gasteiger charge is -2.16. The largest absolute Gasteiger partial charge is 0.348 e. The second-order valence-corrected chi connectivity index (χ2v) is 6.44. The molecule has 0 unspecified atom stereocenters. The first kappa shape index (κ1) is 16.8. The van der Waals surface area contributed by atoms with Crippen LogP contribution in [0, 0.1) is 0 Å². The van der Waals surface area contributed by atoms with E-state index in [2.05, 4.69) is 10.6 Å². The van der Waals surface area contributed by atoms with Crippen LogP contribution in [0.1, 0.15) is 24.3 Å². The number of amides is 2. The van der Waals surface area contributed by atoms with E-state index in [1.165, 1.54) is 18.3 Å². The van der Waals surface area contributed by atoms with Crippen molar-refractivity contribution in [1.82, 2.24) is 5.32 Å². The van der Waals surface area contributed by atoms with Crippen molar-refractivity contribution in [3.05, 3.63) is 50.6 Å². The van der Waals surface area contributed by atoms with Crippen molar-refractivity contribution in [3.8, 4) is 0 Å². The monoisotopic (exact) mass is 356 g/mol. The van der Waals surface area contributed by atoms with E-state index in [1.807, 2.05) is 17.5 Å². The smallest absolute Gasteiger partial charge is 0.226 e. The zero-order valence-corrected chi connectivity index (χ0v) is 14.1. The molecule has 0 saturated heterocycles. The molecule has 0 bridgehead atoms. The molecule has 7 heteroatoms. The highest BCUT2D eigenvalue weighted by molar-refractivity contribution is 7.10. The number of rotatable bonds is 5. The van der Waals surface area contributed by atoms with Crippen LogP contribution >= 0.6 is 34.5 Å². The minimum absolute atomic E-state index is 0.139. The molecule has 1 atom stereocenters. The fraction of sp³-hybridized carbons (Fsp3) is 0.200. The van der Waals surface area contributed by atoms with Gasteiger partial charge in [-0.3, -0.25) is 9.59 Å².